The molecule has 2 rings (SSSR count). The van der Waals surface area contributed by atoms with Gasteiger partial charge in [0.1, 0.15) is 6.04 Å². The van der Waals surface area contributed by atoms with Gasteiger partial charge in [-0.15, -0.1) is 0 Å². The molecule has 198 valence electrons. The van der Waals surface area contributed by atoms with Crippen molar-refractivity contribution >= 4 is 50.7 Å². The maximum absolute atomic E-state index is 13.3. The minimum Gasteiger partial charge on any atom is -0.354 e. The van der Waals surface area contributed by atoms with Crippen molar-refractivity contribution in [3.8, 4) is 0 Å². The number of carbonyl (C=O) groups is 2. The summed E-state index contributed by atoms with van der Waals surface area (Å²) >= 11 is 12.7. The van der Waals surface area contributed by atoms with Crippen LogP contribution >= 0.6 is 23.2 Å². The Labute approximate surface area is 224 Å². The predicted molar refractivity (Wildman–Crippen MR) is 147 cm³/mol. The lowest BCUT2D eigenvalue weighted by atomic mass is 10.1. The molecule has 2 amide bonds. The van der Waals surface area contributed by atoms with Crippen LogP contribution in [0.4, 0.5) is 5.69 Å². The summed E-state index contributed by atoms with van der Waals surface area (Å²) in [5.74, 6) is -0.568. The maximum atomic E-state index is 13.3. The number of hydrogen-bond donors (Lipinski definition) is 1. The number of rotatable bonds is 13. The van der Waals surface area contributed by atoms with E-state index in [0.29, 0.717) is 27.8 Å². The van der Waals surface area contributed by atoms with Crippen molar-refractivity contribution in [2.75, 3.05) is 23.7 Å². The number of aryl methyl sites for hydroxylation is 1. The summed E-state index contributed by atoms with van der Waals surface area (Å²) in [4.78, 5) is 27.5. The second-order valence-corrected chi connectivity index (χ2v) is 11.4. The summed E-state index contributed by atoms with van der Waals surface area (Å²) in [6.45, 7) is 6.32. The van der Waals surface area contributed by atoms with E-state index in [2.05, 4.69) is 5.32 Å². The number of nitrogens with one attached hydrogen (secondary N) is 1. The summed E-state index contributed by atoms with van der Waals surface area (Å²) in [7, 11) is -3.55. The highest BCUT2D eigenvalue weighted by Gasteiger charge is 2.27. The molecule has 0 aliphatic carbocycles. The largest absolute Gasteiger partial charge is 0.354 e. The van der Waals surface area contributed by atoms with E-state index in [0.717, 1.165) is 24.7 Å². The molecular weight excluding hydrogens is 521 g/mol. The zero-order valence-corrected chi connectivity index (χ0v) is 23.6. The molecule has 36 heavy (non-hydrogen) atoms. The number of anilines is 1. The van der Waals surface area contributed by atoms with Gasteiger partial charge in [-0.25, -0.2) is 8.42 Å². The molecule has 1 atom stereocenters. The molecular formula is C26H35Cl2N3O4S. The van der Waals surface area contributed by atoms with Crippen LogP contribution in [-0.4, -0.2) is 50.5 Å². The van der Waals surface area contributed by atoms with Gasteiger partial charge in [0.2, 0.25) is 21.8 Å². The second-order valence-electron chi connectivity index (χ2n) is 8.65. The topological polar surface area (TPSA) is 86.8 Å². The highest BCUT2D eigenvalue weighted by molar-refractivity contribution is 7.92. The van der Waals surface area contributed by atoms with Gasteiger partial charge in [-0.1, -0.05) is 55.2 Å². The van der Waals surface area contributed by atoms with E-state index in [1.807, 2.05) is 26.0 Å². The Morgan fingerprint density at radius 3 is 2.17 bits per heavy atom. The average molecular weight is 557 g/mol. The first-order chi connectivity index (χ1) is 17.0. The summed E-state index contributed by atoms with van der Waals surface area (Å²) in [5, 5.41) is 3.63. The first-order valence-electron chi connectivity index (χ1n) is 12.1. The third kappa shape index (κ3) is 8.39. The molecule has 0 saturated carbocycles. The van der Waals surface area contributed by atoms with E-state index < -0.39 is 16.1 Å². The van der Waals surface area contributed by atoms with E-state index in [4.69, 9.17) is 23.2 Å². The summed E-state index contributed by atoms with van der Waals surface area (Å²) in [6, 6.07) is 11.6. The molecule has 7 nitrogen and oxygen atoms in total. The smallest absolute Gasteiger partial charge is 0.242 e. The number of sulfonamides is 1. The van der Waals surface area contributed by atoms with Crippen LogP contribution in [0.3, 0.4) is 0 Å². The lowest BCUT2D eigenvalue weighted by molar-refractivity contribution is -0.140. The maximum Gasteiger partial charge on any atom is 0.242 e. The highest BCUT2D eigenvalue weighted by atomic mass is 35.5. The monoisotopic (exact) mass is 555 g/mol. The lowest BCUT2D eigenvalue weighted by Crippen LogP contribution is -2.48. The molecule has 10 heteroatoms. The molecule has 1 N–H and O–H groups in total. The first-order valence-corrected chi connectivity index (χ1v) is 14.7. The lowest BCUT2D eigenvalue weighted by Gasteiger charge is -2.30. The standard InChI is InChI=1S/C26H35Cl2N3O4S/c1-5-16-29-26(33)19(3)30(18-22-23(27)9-7-10-24(22)28)25(32)11-8-17-31(36(4,34)35)21-14-12-20(6-2)13-15-21/h7,9-10,12-15,19H,5-6,8,11,16-18H2,1-4H3,(H,29,33)/t19-/m1/s1. The van der Waals surface area contributed by atoms with Gasteiger partial charge >= 0.3 is 0 Å². The van der Waals surface area contributed by atoms with Crippen LogP contribution in [0.15, 0.2) is 42.5 Å². The minimum absolute atomic E-state index is 0.0481. The second kappa shape index (κ2) is 13.9. The molecule has 0 spiro atoms. The molecule has 0 aliphatic rings. The fourth-order valence-corrected chi connectivity index (χ4v) is 5.22. The number of amides is 2. The molecule has 0 heterocycles. The van der Waals surface area contributed by atoms with Crippen LogP contribution in [0.1, 0.15) is 51.2 Å². The van der Waals surface area contributed by atoms with Gasteiger partial charge in [-0.2, -0.15) is 0 Å². The number of halogens is 2. The van der Waals surface area contributed by atoms with E-state index in [1.165, 1.54) is 9.21 Å². The Morgan fingerprint density at radius 1 is 1.03 bits per heavy atom. The van der Waals surface area contributed by atoms with Gasteiger partial charge in [-0.3, -0.25) is 13.9 Å². The summed E-state index contributed by atoms with van der Waals surface area (Å²) < 4.78 is 26.2. The first kappa shape index (κ1) is 29.9. The van der Waals surface area contributed by atoms with Gasteiger partial charge in [0.15, 0.2) is 0 Å². The predicted octanol–water partition coefficient (Wildman–Crippen LogP) is 5.05. The normalized spacial score (nSPS) is 12.2. The van der Waals surface area contributed by atoms with Gasteiger partial charge in [-0.05, 0) is 56.0 Å². The molecule has 0 bridgehead atoms. The Morgan fingerprint density at radius 2 is 1.64 bits per heavy atom. The number of benzene rings is 2. The average Bonchev–Trinajstić information content (AvgIpc) is 2.84. The van der Waals surface area contributed by atoms with E-state index in [1.54, 1.807) is 37.3 Å². The highest BCUT2D eigenvalue weighted by Crippen LogP contribution is 2.27. The molecule has 2 aromatic rings. The van der Waals surface area contributed by atoms with E-state index in [9.17, 15) is 18.0 Å². The van der Waals surface area contributed by atoms with Crippen molar-refractivity contribution in [2.24, 2.45) is 0 Å². The van der Waals surface area contributed by atoms with Crippen LogP contribution < -0.4 is 9.62 Å². The molecule has 0 radical (unpaired) electrons. The Bertz CT molecular complexity index is 1120. The van der Waals surface area contributed by atoms with Gasteiger partial charge in [0.05, 0.1) is 11.9 Å². The number of nitrogens with zero attached hydrogens (tertiary/aromatic N) is 2. The number of carbonyl (C=O) groups excluding carboxylic acids is 2. The molecule has 0 aliphatic heterocycles. The molecule has 0 aromatic heterocycles. The third-order valence-electron chi connectivity index (χ3n) is 5.89. The van der Waals surface area contributed by atoms with E-state index in [-0.39, 0.29) is 37.7 Å². The van der Waals surface area contributed by atoms with Crippen molar-refractivity contribution in [2.45, 2.75) is 59.0 Å². The van der Waals surface area contributed by atoms with Crippen LogP contribution in [0.2, 0.25) is 10.0 Å². The van der Waals surface area contributed by atoms with Crippen molar-refractivity contribution < 1.29 is 18.0 Å². The van der Waals surface area contributed by atoms with Crippen LogP contribution in [0, 0.1) is 0 Å². The zero-order chi connectivity index (χ0) is 26.9. The third-order valence-corrected chi connectivity index (χ3v) is 7.79. The van der Waals surface area contributed by atoms with Crippen molar-refractivity contribution in [3.63, 3.8) is 0 Å². The fourth-order valence-electron chi connectivity index (χ4n) is 3.73. The summed E-state index contributed by atoms with van der Waals surface area (Å²) in [6.07, 6.45) is 3.09. The molecule has 2 aromatic carbocycles. The summed E-state index contributed by atoms with van der Waals surface area (Å²) in [5.41, 5.74) is 2.21. The van der Waals surface area contributed by atoms with E-state index >= 15 is 0 Å². The van der Waals surface area contributed by atoms with Gasteiger partial charge in [0.25, 0.3) is 0 Å². The SMILES string of the molecule is CCCNC(=O)[C@@H](C)N(Cc1c(Cl)cccc1Cl)C(=O)CCCN(c1ccc(CC)cc1)S(C)(=O)=O. The Hall–Kier alpha value is -2.29. The van der Waals surface area contributed by atoms with Gasteiger partial charge in [0, 0.05) is 41.7 Å². The van der Waals surface area contributed by atoms with Crippen molar-refractivity contribution in [3.05, 3.63) is 63.6 Å². The van der Waals surface area contributed by atoms with Crippen LogP contribution in [0.25, 0.3) is 0 Å². The molecule has 0 fully saturated rings. The van der Waals surface area contributed by atoms with Gasteiger partial charge < -0.3 is 10.2 Å². The minimum atomic E-state index is -3.55. The van der Waals surface area contributed by atoms with Crippen molar-refractivity contribution in [1.29, 1.82) is 0 Å². The Kier molecular flexibility index (Phi) is 11.5. The van der Waals surface area contributed by atoms with Crippen LogP contribution in [0.5, 0.6) is 0 Å². The molecule has 0 unspecified atom stereocenters. The van der Waals surface area contributed by atoms with Crippen molar-refractivity contribution in [1.82, 2.24) is 10.2 Å². The molecule has 0 saturated heterocycles. The zero-order valence-electron chi connectivity index (χ0n) is 21.3. The Balaban J connectivity index is 2.20. The fraction of sp³-hybridized carbons (Fsp3) is 0.462. The number of hydrogen-bond acceptors (Lipinski definition) is 4. The quantitative estimate of drug-likeness (QED) is 0.374. The van der Waals surface area contributed by atoms with Crippen LogP contribution in [-0.2, 0) is 32.6 Å².